The Morgan fingerprint density at radius 2 is 1.78 bits per heavy atom. The molecule has 0 spiro atoms. The van der Waals surface area contributed by atoms with Crippen LogP contribution in [0.1, 0.15) is 20.7 Å². The first-order valence-electron chi connectivity index (χ1n) is 8.64. The quantitative estimate of drug-likeness (QED) is 0.761. The maximum Gasteiger partial charge on any atom is 0.265 e. The zero-order chi connectivity index (χ0) is 19.0. The summed E-state index contributed by atoms with van der Waals surface area (Å²) < 4.78 is 13.9. The van der Waals surface area contributed by atoms with Gasteiger partial charge in [0.1, 0.15) is 18.2 Å². The second-order valence-electron chi connectivity index (χ2n) is 6.41. The lowest BCUT2D eigenvalue weighted by Crippen LogP contribution is -2.52. The van der Waals surface area contributed by atoms with Gasteiger partial charge in [0.25, 0.3) is 11.8 Å². The highest BCUT2D eigenvalue weighted by Crippen LogP contribution is 2.25. The van der Waals surface area contributed by atoms with Crippen molar-refractivity contribution in [3.8, 4) is 0 Å². The molecule has 0 bridgehead atoms. The van der Waals surface area contributed by atoms with Gasteiger partial charge in [-0.1, -0.05) is 12.1 Å². The van der Waals surface area contributed by atoms with Crippen LogP contribution >= 0.6 is 0 Å². The Bertz CT molecular complexity index is 910. The predicted octanol–water partition coefficient (Wildman–Crippen LogP) is 1.17. The van der Waals surface area contributed by atoms with Crippen LogP contribution in [0.15, 0.2) is 42.6 Å². The van der Waals surface area contributed by atoms with Crippen LogP contribution in [0.3, 0.4) is 0 Å². The van der Waals surface area contributed by atoms with Gasteiger partial charge in [-0.25, -0.2) is 9.37 Å². The molecule has 1 aromatic carbocycles. The number of nitrogens with zero attached hydrogens (tertiary/aromatic N) is 4. The Morgan fingerprint density at radius 3 is 2.44 bits per heavy atom. The number of benzene rings is 1. The lowest BCUT2D eigenvalue weighted by molar-refractivity contribution is -0.131. The van der Waals surface area contributed by atoms with E-state index in [1.165, 1.54) is 12.1 Å². The van der Waals surface area contributed by atoms with Crippen molar-refractivity contribution in [1.82, 2.24) is 14.8 Å². The van der Waals surface area contributed by atoms with Crippen molar-refractivity contribution in [2.45, 2.75) is 0 Å². The summed E-state index contributed by atoms with van der Waals surface area (Å²) in [6, 6.07) is 9.56. The minimum atomic E-state index is -0.756. The van der Waals surface area contributed by atoms with Gasteiger partial charge in [0.2, 0.25) is 5.91 Å². The van der Waals surface area contributed by atoms with E-state index in [1.54, 1.807) is 11.1 Å². The van der Waals surface area contributed by atoms with E-state index < -0.39 is 17.6 Å². The predicted molar refractivity (Wildman–Crippen MR) is 94.8 cm³/mol. The van der Waals surface area contributed by atoms with Gasteiger partial charge in [-0.3, -0.25) is 19.3 Å². The number of hydrogen-bond acceptors (Lipinski definition) is 5. The van der Waals surface area contributed by atoms with Crippen molar-refractivity contribution in [1.29, 1.82) is 0 Å². The lowest BCUT2D eigenvalue weighted by atomic mass is 10.1. The molecule has 2 aromatic rings. The van der Waals surface area contributed by atoms with Crippen LogP contribution < -0.4 is 4.90 Å². The van der Waals surface area contributed by atoms with Crippen LogP contribution in [0.2, 0.25) is 0 Å². The van der Waals surface area contributed by atoms with Crippen LogP contribution in [0.25, 0.3) is 0 Å². The fourth-order valence-corrected chi connectivity index (χ4v) is 3.40. The molecule has 2 aliphatic rings. The number of imide groups is 1. The van der Waals surface area contributed by atoms with Crippen LogP contribution in [0.4, 0.5) is 10.2 Å². The third kappa shape index (κ3) is 3.03. The summed E-state index contributed by atoms with van der Waals surface area (Å²) in [6.07, 6.45) is 1.72. The van der Waals surface area contributed by atoms with Gasteiger partial charge in [-0.2, -0.15) is 0 Å². The second kappa shape index (κ2) is 6.79. The largest absolute Gasteiger partial charge is 0.353 e. The fourth-order valence-electron chi connectivity index (χ4n) is 3.40. The molecule has 0 radical (unpaired) electrons. The third-order valence-electron chi connectivity index (χ3n) is 4.85. The molecule has 2 aliphatic heterocycles. The smallest absolute Gasteiger partial charge is 0.265 e. The Kier molecular flexibility index (Phi) is 4.31. The molecule has 1 fully saturated rings. The number of carbonyl (C=O) groups is 3. The number of pyridine rings is 1. The van der Waals surface area contributed by atoms with Gasteiger partial charge in [-0.15, -0.1) is 0 Å². The molecule has 138 valence electrons. The standard InChI is InChI=1S/C19H17FN4O3/c20-14-5-3-4-13-17(14)19(27)24(18(13)26)12-16(25)23-10-8-22(9-11-23)15-6-1-2-7-21-15/h1-7H,8-12H2. The molecule has 8 heteroatoms. The highest BCUT2D eigenvalue weighted by atomic mass is 19.1. The van der Waals surface area contributed by atoms with Gasteiger partial charge < -0.3 is 9.80 Å². The average Bonchev–Trinajstić information content (AvgIpc) is 2.94. The number of halogens is 1. The zero-order valence-corrected chi connectivity index (χ0v) is 14.5. The Hall–Kier alpha value is -3.29. The van der Waals surface area contributed by atoms with E-state index in [-0.39, 0.29) is 23.6 Å². The monoisotopic (exact) mass is 368 g/mol. The van der Waals surface area contributed by atoms with E-state index in [0.29, 0.717) is 26.2 Å². The molecule has 1 aromatic heterocycles. The van der Waals surface area contributed by atoms with Crippen molar-refractivity contribution in [3.63, 3.8) is 0 Å². The zero-order valence-electron chi connectivity index (χ0n) is 14.5. The van der Waals surface area contributed by atoms with E-state index in [4.69, 9.17) is 0 Å². The molecule has 1 saturated heterocycles. The average molecular weight is 368 g/mol. The fraction of sp³-hybridized carbons (Fsp3) is 0.263. The van der Waals surface area contributed by atoms with Gasteiger partial charge in [0, 0.05) is 32.4 Å². The number of rotatable bonds is 3. The van der Waals surface area contributed by atoms with E-state index >= 15 is 0 Å². The maximum absolute atomic E-state index is 13.9. The second-order valence-corrected chi connectivity index (χ2v) is 6.41. The number of piperazine rings is 1. The molecule has 0 saturated carbocycles. The van der Waals surface area contributed by atoms with E-state index in [0.717, 1.165) is 16.8 Å². The molecular formula is C19H17FN4O3. The van der Waals surface area contributed by atoms with E-state index in [9.17, 15) is 18.8 Å². The van der Waals surface area contributed by atoms with Crippen molar-refractivity contribution in [2.75, 3.05) is 37.6 Å². The van der Waals surface area contributed by atoms with Gasteiger partial charge in [0.15, 0.2) is 0 Å². The Labute approximate surface area is 155 Å². The topological polar surface area (TPSA) is 73.8 Å². The maximum atomic E-state index is 13.9. The first-order chi connectivity index (χ1) is 13.1. The molecule has 0 N–H and O–H groups in total. The molecule has 0 aliphatic carbocycles. The van der Waals surface area contributed by atoms with Crippen molar-refractivity contribution in [3.05, 3.63) is 59.5 Å². The van der Waals surface area contributed by atoms with Crippen LogP contribution in [-0.4, -0.2) is 65.2 Å². The summed E-state index contributed by atoms with van der Waals surface area (Å²) in [4.78, 5) is 46.1. The number of aromatic nitrogens is 1. The SMILES string of the molecule is O=C(CN1C(=O)c2cccc(F)c2C1=O)N1CCN(c2ccccn2)CC1. The number of anilines is 1. The van der Waals surface area contributed by atoms with Crippen molar-refractivity contribution >= 4 is 23.5 Å². The van der Waals surface area contributed by atoms with Gasteiger partial charge in [0.05, 0.1) is 11.1 Å². The first kappa shape index (κ1) is 17.1. The third-order valence-corrected chi connectivity index (χ3v) is 4.85. The summed E-state index contributed by atoms with van der Waals surface area (Å²) in [6.45, 7) is 1.77. The lowest BCUT2D eigenvalue weighted by Gasteiger charge is -2.35. The molecule has 3 heterocycles. The minimum absolute atomic E-state index is 0.00720. The van der Waals surface area contributed by atoms with Crippen molar-refractivity contribution < 1.29 is 18.8 Å². The summed E-state index contributed by atoms with van der Waals surface area (Å²) in [5.41, 5.74) is -0.247. The van der Waals surface area contributed by atoms with Crippen LogP contribution in [-0.2, 0) is 4.79 Å². The van der Waals surface area contributed by atoms with Gasteiger partial charge >= 0.3 is 0 Å². The minimum Gasteiger partial charge on any atom is -0.353 e. The Morgan fingerprint density at radius 1 is 1.00 bits per heavy atom. The number of fused-ring (bicyclic) bond motifs is 1. The molecule has 4 rings (SSSR count). The number of amides is 3. The van der Waals surface area contributed by atoms with E-state index in [2.05, 4.69) is 9.88 Å². The highest BCUT2D eigenvalue weighted by molar-refractivity contribution is 6.22. The summed E-state index contributed by atoms with van der Waals surface area (Å²) in [7, 11) is 0. The molecule has 7 nitrogen and oxygen atoms in total. The first-order valence-corrected chi connectivity index (χ1v) is 8.64. The summed E-state index contributed by atoms with van der Waals surface area (Å²) >= 11 is 0. The molecule has 0 atom stereocenters. The molecule has 0 unspecified atom stereocenters. The molecule has 27 heavy (non-hydrogen) atoms. The van der Waals surface area contributed by atoms with Crippen LogP contribution in [0, 0.1) is 5.82 Å². The summed E-state index contributed by atoms with van der Waals surface area (Å²) in [5, 5.41) is 0. The Balaban J connectivity index is 1.40. The number of hydrogen-bond donors (Lipinski definition) is 0. The van der Waals surface area contributed by atoms with Gasteiger partial charge in [-0.05, 0) is 24.3 Å². The number of carbonyl (C=O) groups excluding carboxylic acids is 3. The highest BCUT2D eigenvalue weighted by Gasteiger charge is 2.39. The van der Waals surface area contributed by atoms with Crippen LogP contribution in [0.5, 0.6) is 0 Å². The van der Waals surface area contributed by atoms with Crippen molar-refractivity contribution in [2.24, 2.45) is 0 Å². The molecule has 3 amide bonds. The summed E-state index contributed by atoms with van der Waals surface area (Å²) in [5.74, 6) is -1.61. The normalized spacial score (nSPS) is 16.7. The molecular weight excluding hydrogens is 351 g/mol. The van der Waals surface area contributed by atoms with E-state index in [1.807, 2.05) is 18.2 Å².